The van der Waals surface area contributed by atoms with E-state index in [2.05, 4.69) is 107 Å². The van der Waals surface area contributed by atoms with Crippen LogP contribution in [-0.2, 0) is 6.42 Å². The van der Waals surface area contributed by atoms with Gasteiger partial charge in [-0.05, 0) is 72.6 Å². The van der Waals surface area contributed by atoms with Crippen LogP contribution in [0.25, 0.3) is 39.8 Å². The van der Waals surface area contributed by atoms with Gasteiger partial charge < -0.3 is 4.90 Å². The van der Waals surface area contributed by atoms with E-state index in [0.717, 1.165) is 76.5 Å². The van der Waals surface area contributed by atoms with Gasteiger partial charge in [-0.2, -0.15) is 5.10 Å². The molecule has 204 valence electrons. The number of H-pyrrole nitrogens is 1. The van der Waals surface area contributed by atoms with Crippen molar-refractivity contribution in [3.63, 3.8) is 0 Å². The molecule has 0 bridgehead atoms. The predicted molar refractivity (Wildman–Crippen MR) is 168 cm³/mol. The van der Waals surface area contributed by atoms with Gasteiger partial charge in [0.25, 0.3) is 0 Å². The minimum atomic E-state index is 0.414. The summed E-state index contributed by atoms with van der Waals surface area (Å²) in [7, 11) is 0. The number of imidazole rings is 1. The number of pyridine rings is 1. The first-order chi connectivity index (χ1) is 20.2. The van der Waals surface area contributed by atoms with E-state index >= 15 is 0 Å². The number of aromatic nitrogens is 7. The molecule has 1 aliphatic heterocycles. The average molecular weight is 653 g/mol. The normalized spacial score (nSPS) is 14.6. The molecule has 9 heteroatoms. The van der Waals surface area contributed by atoms with E-state index in [1.807, 2.05) is 30.5 Å². The van der Waals surface area contributed by atoms with Crippen molar-refractivity contribution in [1.29, 1.82) is 0 Å². The van der Waals surface area contributed by atoms with Gasteiger partial charge in [0, 0.05) is 45.8 Å². The maximum atomic E-state index is 4.92. The fraction of sp³-hybridized carbons (Fsp3) is 0.219. The van der Waals surface area contributed by atoms with E-state index in [4.69, 9.17) is 9.97 Å². The molecule has 0 unspecified atom stereocenters. The van der Waals surface area contributed by atoms with Gasteiger partial charge >= 0.3 is 0 Å². The van der Waals surface area contributed by atoms with Gasteiger partial charge in [-0.25, -0.2) is 15.0 Å². The lowest BCUT2D eigenvalue weighted by Crippen LogP contribution is -2.34. The van der Waals surface area contributed by atoms with Crippen molar-refractivity contribution in [2.75, 3.05) is 19.6 Å². The van der Waals surface area contributed by atoms with Crippen molar-refractivity contribution < 1.29 is 0 Å². The Bertz CT molecular complexity index is 1750. The molecule has 1 aliphatic rings. The Morgan fingerprint density at radius 1 is 0.854 bits per heavy atom. The van der Waals surface area contributed by atoms with Gasteiger partial charge in [-0.1, -0.05) is 60.7 Å². The molecule has 1 N–H and O–H groups in total. The van der Waals surface area contributed by atoms with Crippen molar-refractivity contribution in [1.82, 2.24) is 39.4 Å². The Balaban J connectivity index is 1.00. The van der Waals surface area contributed by atoms with Gasteiger partial charge in [0.1, 0.15) is 11.5 Å². The maximum Gasteiger partial charge on any atom is 0.234 e. The highest BCUT2D eigenvalue weighted by molar-refractivity contribution is 14.1. The van der Waals surface area contributed by atoms with Crippen LogP contribution in [0.5, 0.6) is 0 Å². The lowest BCUT2D eigenvalue weighted by atomic mass is 9.95. The predicted octanol–water partition coefficient (Wildman–Crippen LogP) is 6.27. The molecule has 0 amide bonds. The van der Waals surface area contributed by atoms with Crippen molar-refractivity contribution in [3.8, 4) is 34.0 Å². The number of hydrogen-bond donors (Lipinski definition) is 1. The van der Waals surface area contributed by atoms with Crippen molar-refractivity contribution in [2.24, 2.45) is 0 Å². The summed E-state index contributed by atoms with van der Waals surface area (Å²) in [6.45, 7) is 3.18. The third-order valence-corrected chi connectivity index (χ3v) is 8.37. The van der Waals surface area contributed by atoms with Crippen LogP contribution < -0.4 is 0 Å². The molecule has 41 heavy (non-hydrogen) atoms. The van der Waals surface area contributed by atoms with Crippen LogP contribution in [-0.4, -0.2) is 59.1 Å². The molecule has 0 radical (unpaired) electrons. The van der Waals surface area contributed by atoms with Crippen LogP contribution in [0, 0.1) is 3.57 Å². The monoisotopic (exact) mass is 652 g/mol. The number of halogens is 1. The molecule has 5 heterocycles. The summed E-state index contributed by atoms with van der Waals surface area (Å²) in [6.07, 6.45) is 8.92. The van der Waals surface area contributed by atoms with Gasteiger partial charge in [0.15, 0.2) is 5.82 Å². The highest BCUT2D eigenvalue weighted by Gasteiger charge is 2.24. The second-order valence-corrected chi connectivity index (χ2v) is 11.7. The Morgan fingerprint density at radius 2 is 1.66 bits per heavy atom. The molecule has 0 atom stereocenters. The van der Waals surface area contributed by atoms with Crippen LogP contribution in [0.2, 0.25) is 0 Å². The molecule has 4 aromatic heterocycles. The summed E-state index contributed by atoms with van der Waals surface area (Å²) in [5.41, 5.74) is 6.40. The SMILES string of the molecule is Ic1cnc2nc(-c3ccc(CCN4CCC(c5nc(-c6ccccn6)n[nH]5)CC4)cc3)c(-c3ccccc3)n2c1. The minimum absolute atomic E-state index is 0.414. The van der Waals surface area contributed by atoms with E-state index in [0.29, 0.717) is 17.5 Å². The highest BCUT2D eigenvalue weighted by Crippen LogP contribution is 2.33. The number of nitrogens with zero attached hydrogens (tertiary/aromatic N) is 7. The second kappa shape index (κ2) is 11.5. The first kappa shape index (κ1) is 26.0. The highest BCUT2D eigenvalue weighted by atomic mass is 127. The molecular formula is C32H29IN8. The van der Waals surface area contributed by atoms with E-state index in [1.165, 1.54) is 5.56 Å². The van der Waals surface area contributed by atoms with E-state index in [-0.39, 0.29) is 0 Å². The number of aromatic amines is 1. The van der Waals surface area contributed by atoms with Crippen LogP contribution in [0.1, 0.15) is 30.1 Å². The van der Waals surface area contributed by atoms with Gasteiger partial charge in [-0.15, -0.1) is 0 Å². The minimum Gasteiger partial charge on any atom is -0.303 e. The molecule has 0 spiro atoms. The number of piperidine rings is 1. The summed E-state index contributed by atoms with van der Waals surface area (Å²) < 4.78 is 3.17. The Morgan fingerprint density at radius 3 is 2.44 bits per heavy atom. The standard InChI is InChI=1S/C32H29IN8/c33-26-20-35-32-36-28(29(41(32)21-26)24-6-2-1-3-7-24)23-11-9-22(10-12-23)13-17-40-18-14-25(15-19-40)30-37-31(39-38-30)27-8-4-5-16-34-27/h1-12,16,20-21,25H,13-15,17-19H2,(H,37,38,39). The fourth-order valence-electron chi connectivity index (χ4n) is 5.60. The van der Waals surface area contributed by atoms with E-state index in [1.54, 1.807) is 6.20 Å². The van der Waals surface area contributed by atoms with Crippen molar-refractivity contribution >= 4 is 28.4 Å². The van der Waals surface area contributed by atoms with Crippen LogP contribution in [0.3, 0.4) is 0 Å². The van der Waals surface area contributed by atoms with Gasteiger partial charge in [0.2, 0.25) is 5.78 Å². The van der Waals surface area contributed by atoms with Crippen LogP contribution >= 0.6 is 22.6 Å². The molecule has 6 aromatic rings. The number of benzene rings is 2. The number of fused-ring (bicyclic) bond motifs is 1. The number of hydrogen-bond acceptors (Lipinski definition) is 6. The van der Waals surface area contributed by atoms with Crippen LogP contribution in [0.4, 0.5) is 0 Å². The fourth-order valence-corrected chi connectivity index (χ4v) is 6.01. The molecule has 1 saturated heterocycles. The molecule has 0 saturated carbocycles. The maximum absolute atomic E-state index is 4.92. The smallest absolute Gasteiger partial charge is 0.234 e. The summed E-state index contributed by atoms with van der Waals surface area (Å²) >= 11 is 2.30. The summed E-state index contributed by atoms with van der Waals surface area (Å²) in [4.78, 5) is 21.2. The summed E-state index contributed by atoms with van der Waals surface area (Å²) in [5, 5.41) is 7.56. The molecule has 0 aliphatic carbocycles. The first-order valence-corrected chi connectivity index (χ1v) is 15.0. The zero-order valence-corrected chi connectivity index (χ0v) is 24.6. The summed E-state index contributed by atoms with van der Waals surface area (Å²) in [5.74, 6) is 2.78. The average Bonchev–Trinajstić information content (AvgIpc) is 3.67. The zero-order chi connectivity index (χ0) is 27.6. The molecular weight excluding hydrogens is 623 g/mol. The van der Waals surface area contributed by atoms with Crippen molar-refractivity contribution in [3.05, 3.63) is 106 Å². The van der Waals surface area contributed by atoms with E-state index in [9.17, 15) is 0 Å². The zero-order valence-electron chi connectivity index (χ0n) is 22.5. The topological polar surface area (TPSA) is 87.9 Å². The largest absolute Gasteiger partial charge is 0.303 e. The van der Waals surface area contributed by atoms with Gasteiger partial charge in [-0.3, -0.25) is 14.5 Å². The van der Waals surface area contributed by atoms with Crippen LogP contribution in [0.15, 0.2) is 91.4 Å². The molecule has 2 aromatic carbocycles. The lowest BCUT2D eigenvalue weighted by molar-refractivity contribution is 0.211. The van der Waals surface area contributed by atoms with E-state index < -0.39 is 0 Å². The Kier molecular flexibility index (Phi) is 7.28. The second-order valence-electron chi connectivity index (χ2n) is 10.4. The molecule has 1 fully saturated rings. The first-order valence-electron chi connectivity index (χ1n) is 14.0. The number of likely N-dealkylation sites (tertiary alicyclic amines) is 1. The lowest BCUT2D eigenvalue weighted by Gasteiger charge is -2.30. The number of rotatable bonds is 7. The Labute approximate surface area is 252 Å². The number of nitrogens with one attached hydrogen (secondary N) is 1. The Hall–Kier alpha value is -3.96. The molecule has 8 nitrogen and oxygen atoms in total. The van der Waals surface area contributed by atoms with Gasteiger partial charge in [0.05, 0.1) is 11.4 Å². The third-order valence-electron chi connectivity index (χ3n) is 7.81. The summed E-state index contributed by atoms with van der Waals surface area (Å²) in [6, 6.07) is 25.1. The quantitative estimate of drug-likeness (QED) is 0.205. The van der Waals surface area contributed by atoms with Crippen molar-refractivity contribution in [2.45, 2.75) is 25.2 Å². The molecule has 7 rings (SSSR count). The third kappa shape index (κ3) is 5.51.